The van der Waals surface area contributed by atoms with Crippen molar-refractivity contribution in [3.05, 3.63) is 71.0 Å². The number of carbonyl (C=O) groups is 1. The molecule has 1 aromatic heterocycles. The SMILES string of the molecule is COc1ccc(C(=O)CC(Nc2nc(Cc3ccccc3C)ns2)C(C)N)cc1. The molecule has 0 bridgehead atoms. The van der Waals surface area contributed by atoms with Crippen LogP contribution in [-0.4, -0.2) is 34.3 Å². The summed E-state index contributed by atoms with van der Waals surface area (Å²) in [7, 11) is 1.60. The third kappa shape index (κ3) is 5.62. The van der Waals surface area contributed by atoms with Gasteiger partial charge in [-0.1, -0.05) is 24.3 Å². The predicted octanol–water partition coefficient (Wildman–Crippen LogP) is 3.85. The highest BCUT2D eigenvalue weighted by Gasteiger charge is 2.20. The number of nitrogens with zero attached hydrogens (tertiary/aromatic N) is 2. The van der Waals surface area contributed by atoms with E-state index in [1.807, 2.05) is 19.1 Å². The second kappa shape index (κ2) is 9.62. The number of nitrogens with two attached hydrogens (primary N) is 1. The molecule has 0 saturated heterocycles. The Morgan fingerprint density at radius 1 is 1.21 bits per heavy atom. The molecule has 0 saturated carbocycles. The van der Waals surface area contributed by atoms with Crippen LogP contribution in [0.2, 0.25) is 0 Å². The maximum atomic E-state index is 12.7. The Balaban J connectivity index is 1.65. The minimum absolute atomic E-state index is 0.0205. The Morgan fingerprint density at radius 2 is 1.93 bits per heavy atom. The van der Waals surface area contributed by atoms with Crippen LogP contribution in [0.25, 0.3) is 0 Å². The second-order valence-corrected chi connectivity index (χ2v) is 7.84. The van der Waals surface area contributed by atoms with Gasteiger partial charge < -0.3 is 15.8 Å². The van der Waals surface area contributed by atoms with Crippen molar-refractivity contribution in [3.8, 4) is 5.75 Å². The monoisotopic (exact) mass is 410 g/mol. The van der Waals surface area contributed by atoms with E-state index < -0.39 is 0 Å². The van der Waals surface area contributed by atoms with Gasteiger partial charge in [0.15, 0.2) is 5.78 Å². The molecule has 0 aliphatic rings. The molecule has 3 aromatic rings. The van der Waals surface area contributed by atoms with Gasteiger partial charge in [-0.15, -0.1) is 0 Å². The zero-order chi connectivity index (χ0) is 20.8. The van der Waals surface area contributed by atoms with E-state index in [2.05, 4.69) is 33.7 Å². The van der Waals surface area contributed by atoms with Crippen molar-refractivity contribution in [2.45, 2.75) is 38.8 Å². The summed E-state index contributed by atoms with van der Waals surface area (Å²) in [4.78, 5) is 17.2. The maximum Gasteiger partial charge on any atom is 0.202 e. The Kier molecular flexibility index (Phi) is 6.95. The molecule has 2 unspecified atom stereocenters. The van der Waals surface area contributed by atoms with Crippen LogP contribution < -0.4 is 15.8 Å². The van der Waals surface area contributed by atoms with Crippen molar-refractivity contribution >= 4 is 22.4 Å². The Labute approximate surface area is 175 Å². The van der Waals surface area contributed by atoms with E-state index in [0.717, 1.165) is 11.6 Å². The van der Waals surface area contributed by atoms with E-state index in [4.69, 9.17) is 10.5 Å². The van der Waals surface area contributed by atoms with Crippen LogP contribution in [0.5, 0.6) is 5.75 Å². The van der Waals surface area contributed by atoms with Crippen molar-refractivity contribution in [2.24, 2.45) is 5.73 Å². The quantitative estimate of drug-likeness (QED) is 0.521. The van der Waals surface area contributed by atoms with Gasteiger partial charge in [0.05, 0.1) is 13.2 Å². The molecule has 7 heteroatoms. The van der Waals surface area contributed by atoms with Crippen LogP contribution in [0, 0.1) is 6.92 Å². The van der Waals surface area contributed by atoms with Crippen LogP contribution in [0.3, 0.4) is 0 Å². The molecule has 0 aliphatic carbocycles. The van der Waals surface area contributed by atoms with E-state index in [1.165, 1.54) is 22.7 Å². The molecule has 1 heterocycles. The molecule has 6 nitrogen and oxygen atoms in total. The third-order valence-corrected chi connectivity index (χ3v) is 5.52. The van der Waals surface area contributed by atoms with Crippen LogP contribution in [-0.2, 0) is 6.42 Å². The summed E-state index contributed by atoms with van der Waals surface area (Å²) >= 11 is 1.29. The summed E-state index contributed by atoms with van der Waals surface area (Å²) in [6, 6.07) is 14.9. The number of carbonyl (C=O) groups excluding carboxylic acids is 1. The third-order valence-electron chi connectivity index (χ3n) is 4.84. The largest absolute Gasteiger partial charge is 0.497 e. The van der Waals surface area contributed by atoms with E-state index >= 15 is 0 Å². The fraction of sp³-hybridized carbons (Fsp3) is 0.318. The van der Waals surface area contributed by atoms with Gasteiger partial charge in [-0.05, 0) is 49.2 Å². The first kappa shape index (κ1) is 21.0. The molecular formula is C22H26N4O2S. The summed E-state index contributed by atoms with van der Waals surface area (Å²) in [6.45, 7) is 3.96. The summed E-state index contributed by atoms with van der Waals surface area (Å²) in [5.41, 5.74) is 9.19. The number of ketones is 1. The van der Waals surface area contributed by atoms with Crippen LogP contribution in [0.15, 0.2) is 48.5 Å². The maximum absolute atomic E-state index is 12.7. The summed E-state index contributed by atoms with van der Waals surface area (Å²) in [5.74, 6) is 1.50. The van der Waals surface area contributed by atoms with Crippen molar-refractivity contribution in [3.63, 3.8) is 0 Å². The lowest BCUT2D eigenvalue weighted by Gasteiger charge is -2.21. The predicted molar refractivity (Wildman–Crippen MR) is 117 cm³/mol. The number of nitrogens with one attached hydrogen (secondary N) is 1. The molecule has 2 aromatic carbocycles. The topological polar surface area (TPSA) is 90.1 Å². The van der Waals surface area contributed by atoms with Crippen LogP contribution >= 0.6 is 11.5 Å². The fourth-order valence-electron chi connectivity index (χ4n) is 2.98. The molecule has 3 rings (SSSR count). The van der Waals surface area contributed by atoms with E-state index in [1.54, 1.807) is 31.4 Å². The highest BCUT2D eigenvalue weighted by molar-refractivity contribution is 7.09. The van der Waals surface area contributed by atoms with E-state index in [-0.39, 0.29) is 24.3 Å². The van der Waals surface area contributed by atoms with Gasteiger partial charge >= 0.3 is 0 Å². The first-order chi connectivity index (χ1) is 14.0. The smallest absolute Gasteiger partial charge is 0.202 e. The number of rotatable bonds is 9. The molecule has 0 aliphatic heterocycles. The Morgan fingerprint density at radius 3 is 2.59 bits per heavy atom. The average Bonchev–Trinajstić information content (AvgIpc) is 3.16. The summed E-state index contributed by atoms with van der Waals surface area (Å²) < 4.78 is 9.59. The van der Waals surface area contributed by atoms with Gasteiger partial charge in [0.2, 0.25) is 5.13 Å². The molecule has 29 heavy (non-hydrogen) atoms. The Hall–Kier alpha value is -2.77. The zero-order valence-corrected chi connectivity index (χ0v) is 17.7. The van der Waals surface area contributed by atoms with Crippen molar-refractivity contribution < 1.29 is 9.53 Å². The molecule has 0 fully saturated rings. The van der Waals surface area contributed by atoms with Gasteiger partial charge in [-0.25, -0.2) is 4.98 Å². The number of aromatic nitrogens is 2. The summed E-state index contributed by atoms with van der Waals surface area (Å²) in [5, 5.41) is 3.98. The number of aryl methyl sites for hydroxylation is 1. The zero-order valence-electron chi connectivity index (χ0n) is 16.9. The van der Waals surface area contributed by atoms with E-state index in [0.29, 0.717) is 17.1 Å². The fourth-order valence-corrected chi connectivity index (χ4v) is 3.63. The number of hydrogen-bond acceptors (Lipinski definition) is 7. The first-order valence-electron chi connectivity index (χ1n) is 9.52. The number of methoxy groups -OCH3 is 1. The van der Waals surface area contributed by atoms with Gasteiger partial charge in [0, 0.05) is 36.0 Å². The molecule has 2 atom stereocenters. The van der Waals surface area contributed by atoms with Crippen LogP contribution in [0.4, 0.5) is 5.13 Å². The van der Waals surface area contributed by atoms with Crippen molar-refractivity contribution in [1.29, 1.82) is 0 Å². The molecule has 3 N–H and O–H groups in total. The molecule has 0 spiro atoms. The standard InChI is InChI=1S/C22H26N4O2S/c1-14-6-4-5-7-17(14)12-21-25-22(29-26-21)24-19(15(2)23)13-20(27)16-8-10-18(28-3)11-9-16/h4-11,15,19H,12-13,23H2,1-3H3,(H,24,25,26). The number of ether oxygens (including phenoxy) is 1. The first-order valence-corrected chi connectivity index (χ1v) is 10.3. The van der Waals surface area contributed by atoms with Gasteiger partial charge in [0.1, 0.15) is 11.6 Å². The Bertz CT molecular complexity index is 953. The normalized spacial score (nSPS) is 13.0. The van der Waals surface area contributed by atoms with Gasteiger partial charge in [-0.2, -0.15) is 4.37 Å². The molecular weight excluding hydrogens is 384 g/mol. The number of Topliss-reactive ketones (excluding diaryl/α,β-unsaturated/α-hetero) is 1. The molecule has 0 amide bonds. The minimum atomic E-state index is -0.233. The number of hydrogen-bond donors (Lipinski definition) is 2. The van der Waals surface area contributed by atoms with Gasteiger partial charge in [0.25, 0.3) is 0 Å². The lowest BCUT2D eigenvalue weighted by atomic mass is 10.00. The lowest BCUT2D eigenvalue weighted by Crippen LogP contribution is -2.39. The van der Waals surface area contributed by atoms with Crippen molar-refractivity contribution in [1.82, 2.24) is 9.36 Å². The number of benzene rings is 2. The number of anilines is 1. The van der Waals surface area contributed by atoms with Gasteiger partial charge in [-0.3, -0.25) is 4.79 Å². The average molecular weight is 411 g/mol. The second-order valence-electron chi connectivity index (χ2n) is 7.08. The highest BCUT2D eigenvalue weighted by Crippen LogP contribution is 2.20. The highest BCUT2D eigenvalue weighted by atomic mass is 32.1. The van der Waals surface area contributed by atoms with E-state index in [9.17, 15) is 4.79 Å². The van der Waals surface area contributed by atoms with Crippen LogP contribution in [0.1, 0.15) is 40.7 Å². The minimum Gasteiger partial charge on any atom is -0.497 e. The summed E-state index contributed by atoms with van der Waals surface area (Å²) in [6.07, 6.45) is 0.954. The van der Waals surface area contributed by atoms with Crippen molar-refractivity contribution in [2.75, 3.05) is 12.4 Å². The molecule has 0 radical (unpaired) electrons. The lowest BCUT2D eigenvalue weighted by molar-refractivity contribution is 0.0974. The molecule has 152 valence electrons.